The molecule has 8 heteroatoms. The summed E-state index contributed by atoms with van der Waals surface area (Å²) in [6.07, 6.45) is 3.28. The van der Waals surface area contributed by atoms with Gasteiger partial charge in [0.15, 0.2) is 5.78 Å². The minimum atomic E-state index is -0.223. The Labute approximate surface area is 193 Å². The highest BCUT2D eigenvalue weighted by atomic mass is 35.5. The molecule has 4 N–H and O–H groups in total. The van der Waals surface area contributed by atoms with Gasteiger partial charge in [0.05, 0.1) is 23.4 Å². The summed E-state index contributed by atoms with van der Waals surface area (Å²) < 4.78 is 5.25. The molecule has 0 bridgehead atoms. The Morgan fingerprint density at radius 2 is 1.91 bits per heavy atom. The highest BCUT2D eigenvalue weighted by Gasteiger charge is 2.21. The second kappa shape index (κ2) is 11.2. The molecule has 1 aliphatic rings. The third-order valence-electron chi connectivity index (χ3n) is 5.89. The number of nitrogen functional groups attached to an aromatic ring is 1. The van der Waals surface area contributed by atoms with E-state index in [-0.39, 0.29) is 17.4 Å². The van der Waals surface area contributed by atoms with Gasteiger partial charge in [-0.1, -0.05) is 11.6 Å². The van der Waals surface area contributed by atoms with E-state index in [4.69, 9.17) is 22.1 Å². The number of phenolic OH excluding ortho intramolecular Hbond substituents is 1. The Morgan fingerprint density at radius 3 is 2.56 bits per heavy atom. The van der Waals surface area contributed by atoms with Crippen LogP contribution in [0.5, 0.6) is 11.5 Å². The number of ketones is 1. The van der Waals surface area contributed by atoms with Crippen molar-refractivity contribution in [3.63, 3.8) is 0 Å². The number of likely N-dealkylation sites (tertiary alicyclic amines) is 1. The summed E-state index contributed by atoms with van der Waals surface area (Å²) in [6.45, 7) is 3.37. The Hall–Kier alpha value is -2.77. The quantitative estimate of drug-likeness (QED) is 0.389. The number of Topliss-reactive ketones (excluding diaryl/α,β-unsaturated/α-hetero) is 1. The number of nitrogens with one attached hydrogen (secondary N) is 1. The molecule has 0 unspecified atom stereocenters. The maximum Gasteiger partial charge on any atom is 0.255 e. The van der Waals surface area contributed by atoms with Crippen molar-refractivity contribution in [3.05, 3.63) is 52.5 Å². The maximum atomic E-state index is 12.6. The van der Waals surface area contributed by atoms with Gasteiger partial charge >= 0.3 is 0 Å². The van der Waals surface area contributed by atoms with Crippen molar-refractivity contribution >= 4 is 29.0 Å². The number of ether oxygens (including phenoxy) is 1. The first kappa shape index (κ1) is 23.9. The van der Waals surface area contributed by atoms with Crippen LogP contribution in [0.25, 0.3) is 0 Å². The Kier molecular flexibility index (Phi) is 8.36. The van der Waals surface area contributed by atoms with Gasteiger partial charge in [0.25, 0.3) is 5.91 Å². The SMILES string of the molecule is COc1cc(N)c(Cl)cc1C(=O)NCC1CCN(CCCC(=O)c2ccc(O)cc2)CC1. The van der Waals surface area contributed by atoms with Gasteiger partial charge < -0.3 is 25.8 Å². The van der Waals surface area contributed by atoms with Gasteiger partial charge in [-0.2, -0.15) is 0 Å². The molecule has 2 aromatic rings. The lowest BCUT2D eigenvalue weighted by molar-refractivity contribution is 0.0933. The van der Waals surface area contributed by atoms with Crippen LogP contribution in [0.4, 0.5) is 5.69 Å². The molecule has 1 heterocycles. The summed E-state index contributed by atoms with van der Waals surface area (Å²) in [5, 5.41) is 12.6. The second-order valence-electron chi connectivity index (χ2n) is 8.14. The molecular weight excluding hydrogens is 430 g/mol. The van der Waals surface area contributed by atoms with Crippen LogP contribution in [0.3, 0.4) is 0 Å². The lowest BCUT2D eigenvalue weighted by Gasteiger charge is -2.32. The Bertz CT molecular complexity index is 941. The molecule has 0 atom stereocenters. The normalized spacial score (nSPS) is 14.8. The number of methoxy groups -OCH3 is 1. The second-order valence-corrected chi connectivity index (χ2v) is 8.55. The summed E-state index contributed by atoms with van der Waals surface area (Å²) in [5.74, 6) is 0.849. The maximum absolute atomic E-state index is 12.6. The van der Waals surface area contributed by atoms with E-state index in [0.29, 0.717) is 46.5 Å². The van der Waals surface area contributed by atoms with Crippen molar-refractivity contribution in [3.8, 4) is 11.5 Å². The average molecular weight is 460 g/mol. The van der Waals surface area contributed by atoms with Gasteiger partial charge in [-0.15, -0.1) is 0 Å². The third-order valence-corrected chi connectivity index (χ3v) is 6.22. The summed E-state index contributed by atoms with van der Waals surface area (Å²) in [7, 11) is 1.49. The molecule has 1 amide bonds. The predicted molar refractivity (Wildman–Crippen MR) is 126 cm³/mol. The molecule has 7 nitrogen and oxygen atoms in total. The number of benzene rings is 2. The van der Waals surface area contributed by atoms with Crippen molar-refractivity contribution in [2.24, 2.45) is 5.92 Å². The topological polar surface area (TPSA) is 105 Å². The van der Waals surface area contributed by atoms with Gasteiger partial charge in [0, 0.05) is 24.6 Å². The molecule has 0 saturated carbocycles. The van der Waals surface area contributed by atoms with Crippen LogP contribution in [0.1, 0.15) is 46.4 Å². The fourth-order valence-corrected chi connectivity index (χ4v) is 4.08. The number of amides is 1. The molecule has 1 fully saturated rings. The minimum Gasteiger partial charge on any atom is -0.508 e. The largest absolute Gasteiger partial charge is 0.508 e. The zero-order chi connectivity index (χ0) is 23.1. The van der Waals surface area contributed by atoms with Crippen molar-refractivity contribution in [1.29, 1.82) is 0 Å². The molecule has 0 aromatic heterocycles. The first-order valence-electron chi connectivity index (χ1n) is 10.8. The zero-order valence-corrected chi connectivity index (χ0v) is 19.0. The summed E-state index contributed by atoms with van der Waals surface area (Å²) in [4.78, 5) is 27.2. The predicted octanol–water partition coefficient (Wildman–Crippen LogP) is 3.74. The molecule has 172 valence electrons. The van der Waals surface area contributed by atoms with E-state index in [1.807, 2.05) is 0 Å². The molecule has 1 aliphatic heterocycles. The number of phenols is 1. The van der Waals surface area contributed by atoms with E-state index in [1.165, 1.54) is 25.3 Å². The molecule has 1 saturated heterocycles. The number of carbonyl (C=O) groups excluding carboxylic acids is 2. The number of nitrogens with zero attached hydrogens (tertiary/aromatic N) is 1. The molecule has 3 rings (SSSR count). The van der Waals surface area contributed by atoms with Crippen LogP contribution < -0.4 is 15.8 Å². The number of aromatic hydroxyl groups is 1. The van der Waals surface area contributed by atoms with Crippen molar-refractivity contribution in [2.45, 2.75) is 25.7 Å². The smallest absolute Gasteiger partial charge is 0.255 e. The highest BCUT2D eigenvalue weighted by molar-refractivity contribution is 6.33. The van der Waals surface area contributed by atoms with E-state index in [1.54, 1.807) is 18.2 Å². The van der Waals surface area contributed by atoms with E-state index >= 15 is 0 Å². The number of rotatable bonds is 9. The molecule has 2 aromatic carbocycles. The van der Waals surface area contributed by atoms with Crippen LogP contribution in [0, 0.1) is 5.92 Å². The average Bonchev–Trinajstić information content (AvgIpc) is 2.80. The lowest BCUT2D eigenvalue weighted by atomic mass is 9.96. The fraction of sp³-hybridized carbons (Fsp3) is 0.417. The van der Waals surface area contributed by atoms with Gasteiger partial charge in [-0.25, -0.2) is 0 Å². The highest BCUT2D eigenvalue weighted by Crippen LogP contribution is 2.29. The molecule has 32 heavy (non-hydrogen) atoms. The fourth-order valence-electron chi connectivity index (χ4n) is 3.92. The van der Waals surface area contributed by atoms with E-state index in [9.17, 15) is 14.7 Å². The van der Waals surface area contributed by atoms with Crippen LogP contribution in [0.15, 0.2) is 36.4 Å². The van der Waals surface area contributed by atoms with Gasteiger partial charge in [-0.3, -0.25) is 9.59 Å². The van der Waals surface area contributed by atoms with Gasteiger partial charge in [0.1, 0.15) is 11.5 Å². The number of anilines is 1. The zero-order valence-electron chi connectivity index (χ0n) is 18.3. The van der Waals surface area contributed by atoms with Gasteiger partial charge in [0.2, 0.25) is 0 Å². The van der Waals surface area contributed by atoms with Gasteiger partial charge in [-0.05, 0) is 75.1 Å². The number of carbonyl (C=O) groups is 2. The van der Waals surface area contributed by atoms with Crippen molar-refractivity contribution < 1.29 is 19.4 Å². The van der Waals surface area contributed by atoms with Crippen LogP contribution >= 0.6 is 11.6 Å². The molecular formula is C24H30ClN3O4. The third kappa shape index (κ3) is 6.37. The van der Waals surface area contributed by atoms with Crippen molar-refractivity contribution in [2.75, 3.05) is 39.0 Å². The Morgan fingerprint density at radius 1 is 1.22 bits per heavy atom. The minimum absolute atomic E-state index is 0.0980. The number of nitrogens with two attached hydrogens (primary N) is 1. The summed E-state index contributed by atoms with van der Waals surface area (Å²) in [5.41, 5.74) is 7.16. The van der Waals surface area contributed by atoms with Crippen LogP contribution in [-0.4, -0.2) is 55.0 Å². The monoisotopic (exact) mass is 459 g/mol. The summed E-state index contributed by atoms with van der Waals surface area (Å²) >= 11 is 6.06. The number of hydrogen-bond donors (Lipinski definition) is 3. The summed E-state index contributed by atoms with van der Waals surface area (Å²) in [6, 6.07) is 9.48. The Balaban J connectivity index is 1.38. The molecule has 0 spiro atoms. The number of halogens is 1. The van der Waals surface area contributed by atoms with Crippen LogP contribution in [0.2, 0.25) is 5.02 Å². The van der Waals surface area contributed by atoms with E-state index in [0.717, 1.165) is 38.9 Å². The number of hydrogen-bond acceptors (Lipinski definition) is 6. The van der Waals surface area contributed by atoms with E-state index in [2.05, 4.69) is 10.2 Å². The first-order valence-corrected chi connectivity index (χ1v) is 11.2. The lowest BCUT2D eigenvalue weighted by Crippen LogP contribution is -2.39. The molecule has 0 radical (unpaired) electrons. The van der Waals surface area contributed by atoms with Crippen molar-refractivity contribution in [1.82, 2.24) is 10.2 Å². The standard InChI is InChI=1S/C24H30ClN3O4/c1-32-23-14-21(26)20(25)13-19(23)24(31)27-15-16-8-11-28(12-9-16)10-2-3-22(30)17-4-6-18(29)7-5-17/h4-7,13-14,16,29H,2-3,8-12,15,26H2,1H3,(H,27,31). The first-order chi connectivity index (χ1) is 15.4. The molecule has 0 aliphatic carbocycles. The van der Waals surface area contributed by atoms with E-state index < -0.39 is 0 Å². The number of piperidine rings is 1. The van der Waals surface area contributed by atoms with Crippen LogP contribution in [-0.2, 0) is 0 Å².